The Morgan fingerprint density at radius 2 is 1.89 bits per heavy atom. The van der Waals surface area contributed by atoms with Gasteiger partial charge < -0.3 is 10.5 Å². The average Bonchev–Trinajstić information content (AvgIpc) is 2.33. The minimum absolute atomic E-state index is 0.0994. The van der Waals surface area contributed by atoms with Crippen molar-refractivity contribution in [3.05, 3.63) is 0 Å². The van der Waals surface area contributed by atoms with E-state index in [0.717, 1.165) is 19.3 Å². The molecule has 0 amide bonds. The summed E-state index contributed by atoms with van der Waals surface area (Å²) in [5.41, 5.74) is 5.44. The van der Waals surface area contributed by atoms with Crippen LogP contribution in [0, 0.1) is 11.3 Å². The molecule has 0 aromatic heterocycles. The van der Waals surface area contributed by atoms with Gasteiger partial charge in [0.05, 0.1) is 12.0 Å². The van der Waals surface area contributed by atoms with Crippen LogP contribution in [0.25, 0.3) is 0 Å². The molecule has 0 heterocycles. The Kier molecular flexibility index (Phi) is 9.08. The molecule has 0 aromatic carbocycles. The zero-order chi connectivity index (χ0) is 14.0. The maximum absolute atomic E-state index is 12.2. The Labute approximate surface area is 112 Å². The van der Waals surface area contributed by atoms with Crippen LogP contribution in [0.2, 0.25) is 0 Å². The molecule has 0 aromatic rings. The van der Waals surface area contributed by atoms with Crippen molar-refractivity contribution in [1.29, 1.82) is 0 Å². The van der Waals surface area contributed by atoms with E-state index in [0.29, 0.717) is 19.1 Å². The molecular weight excluding hydrogens is 226 g/mol. The molecule has 0 fully saturated rings. The number of ether oxygens (including phenoxy) is 1. The molecule has 108 valence electrons. The molecule has 3 heteroatoms. The molecule has 0 aliphatic heterocycles. The molecule has 1 atom stereocenters. The van der Waals surface area contributed by atoms with Gasteiger partial charge in [0.25, 0.3) is 0 Å². The van der Waals surface area contributed by atoms with Crippen molar-refractivity contribution < 1.29 is 9.53 Å². The molecule has 0 bridgehead atoms. The van der Waals surface area contributed by atoms with Crippen molar-refractivity contribution in [2.75, 3.05) is 13.2 Å². The smallest absolute Gasteiger partial charge is 0.313 e. The SMILES string of the molecule is CCCCCCC(CN)(CC(C)C)C(=O)OCC. The summed E-state index contributed by atoms with van der Waals surface area (Å²) in [7, 11) is 0. The summed E-state index contributed by atoms with van der Waals surface area (Å²) in [6.07, 6.45) is 6.37. The molecule has 2 N–H and O–H groups in total. The van der Waals surface area contributed by atoms with E-state index in [1.165, 1.54) is 19.3 Å². The maximum atomic E-state index is 12.2. The number of carbonyl (C=O) groups is 1. The molecular formula is C15H31NO2. The van der Waals surface area contributed by atoms with Crippen LogP contribution in [0.3, 0.4) is 0 Å². The van der Waals surface area contributed by atoms with Crippen LogP contribution in [0.5, 0.6) is 0 Å². The molecule has 0 spiro atoms. The van der Waals surface area contributed by atoms with Crippen molar-refractivity contribution in [3.8, 4) is 0 Å². The number of unbranched alkanes of at least 4 members (excludes halogenated alkanes) is 3. The third kappa shape index (κ3) is 5.85. The monoisotopic (exact) mass is 257 g/mol. The predicted octanol–water partition coefficient (Wildman–Crippen LogP) is 3.51. The quantitative estimate of drug-likeness (QED) is 0.481. The molecule has 0 aliphatic carbocycles. The fourth-order valence-corrected chi connectivity index (χ4v) is 2.51. The average molecular weight is 257 g/mol. The summed E-state index contributed by atoms with van der Waals surface area (Å²) < 4.78 is 5.24. The van der Waals surface area contributed by atoms with E-state index in [2.05, 4.69) is 20.8 Å². The number of hydrogen-bond donors (Lipinski definition) is 1. The second-order valence-electron chi connectivity index (χ2n) is 5.61. The van der Waals surface area contributed by atoms with E-state index in [9.17, 15) is 4.79 Å². The number of nitrogens with two attached hydrogens (primary N) is 1. The van der Waals surface area contributed by atoms with Gasteiger partial charge in [0.2, 0.25) is 0 Å². The van der Waals surface area contributed by atoms with E-state index in [-0.39, 0.29) is 5.97 Å². The second kappa shape index (κ2) is 9.37. The van der Waals surface area contributed by atoms with Crippen molar-refractivity contribution in [2.45, 2.75) is 66.2 Å². The highest BCUT2D eigenvalue weighted by Gasteiger charge is 2.38. The van der Waals surface area contributed by atoms with Crippen LogP contribution in [-0.4, -0.2) is 19.1 Å². The fourth-order valence-electron chi connectivity index (χ4n) is 2.51. The van der Waals surface area contributed by atoms with Gasteiger partial charge in [-0.3, -0.25) is 4.79 Å². The highest BCUT2D eigenvalue weighted by Crippen LogP contribution is 2.33. The summed E-state index contributed by atoms with van der Waals surface area (Å²) in [6, 6.07) is 0. The normalized spacial score (nSPS) is 14.6. The van der Waals surface area contributed by atoms with Crippen LogP contribution in [0.1, 0.15) is 66.2 Å². The van der Waals surface area contributed by atoms with Crippen LogP contribution < -0.4 is 5.73 Å². The summed E-state index contributed by atoms with van der Waals surface area (Å²) in [6.45, 7) is 9.15. The third-order valence-electron chi connectivity index (χ3n) is 3.41. The van der Waals surface area contributed by atoms with Crippen molar-refractivity contribution in [1.82, 2.24) is 0 Å². The van der Waals surface area contributed by atoms with Crippen LogP contribution in [0.15, 0.2) is 0 Å². The molecule has 0 aliphatic rings. The molecule has 18 heavy (non-hydrogen) atoms. The van der Waals surface area contributed by atoms with Crippen molar-refractivity contribution in [3.63, 3.8) is 0 Å². The molecule has 0 rings (SSSR count). The topological polar surface area (TPSA) is 52.3 Å². The Hall–Kier alpha value is -0.570. The summed E-state index contributed by atoms with van der Waals surface area (Å²) in [4.78, 5) is 12.2. The molecule has 0 radical (unpaired) electrons. The van der Waals surface area contributed by atoms with Crippen LogP contribution >= 0.6 is 0 Å². The lowest BCUT2D eigenvalue weighted by molar-refractivity contribution is -0.156. The number of esters is 1. The Morgan fingerprint density at radius 3 is 2.33 bits per heavy atom. The number of hydrogen-bond acceptors (Lipinski definition) is 3. The van der Waals surface area contributed by atoms with Gasteiger partial charge in [0, 0.05) is 6.54 Å². The number of carbonyl (C=O) groups excluding carboxylic acids is 1. The van der Waals surface area contributed by atoms with Crippen molar-refractivity contribution >= 4 is 5.97 Å². The van der Waals surface area contributed by atoms with Gasteiger partial charge >= 0.3 is 5.97 Å². The zero-order valence-corrected chi connectivity index (χ0v) is 12.6. The first kappa shape index (κ1) is 17.4. The lowest BCUT2D eigenvalue weighted by atomic mass is 9.76. The minimum atomic E-state index is -0.460. The van der Waals surface area contributed by atoms with Gasteiger partial charge in [0.1, 0.15) is 0 Å². The van der Waals surface area contributed by atoms with Gasteiger partial charge in [0.15, 0.2) is 0 Å². The first-order valence-electron chi connectivity index (χ1n) is 7.39. The highest BCUT2D eigenvalue weighted by molar-refractivity contribution is 5.77. The van der Waals surface area contributed by atoms with Crippen LogP contribution in [-0.2, 0) is 9.53 Å². The van der Waals surface area contributed by atoms with Gasteiger partial charge in [-0.05, 0) is 25.7 Å². The second-order valence-corrected chi connectivity index (χ2v) is 5.61. The standard InChI is InChI=1S/C15H31NO2/c1-5-7-8-9-10-15(12-16,11-13(3)4)14(17)18-6-2/h13H,5-12,16H2,1-4H3. The van der Waals surface area contributed by atoms with E-state index in [1.807, 2.05) is 6.92 Å². The first-order chi connectivity index (χ1) is 8.52. The largest absolute Gasteiger partial charge is 0.466 e. The number of rotatable bonds is 10. The van der Waals surface area contributed by atoms with Gasteiger partial charge in [-0.2, -0.15) is 0 Å². The van der Waals surface area contributed by atoms with E-state index >= 15 is 0 Å². The summed E-state index contributed by atoms with van der Waals surface area (Å²) in [5, 5.41) is 0. The lowest BCUT2D eigenvalue weighted by Crippen LogP contribution is -2.41. The molecule has 1 unspecified atom stereocenters. The first-order valence-corrected chi connectivity index (χ1v) is 7.39. The highest BCUT2D eigenvalue weighted by atomic mass is 16.5. The molecule has 0 saturated heterocycles. The summed E-state index contributed by atoms with van der Waals surface area (Å²) in [5.74, 6) is 0.363. The predicted molar refractivity (Wildman–Crippen MR) is 76.3 cm³/mol. The van der Waals surface area contributed by atoms with Crippen LogP contribution in [0.4, 0.5) is 0 Å². The Morgan fingerprint density at radius 1 is 1.22 bits per heavy atom. The summed E-state index contributed by atoms with van der Waals surface area (Å²) >= 11 is 0. The third-order valence-corrected chi connectivity index (χ3v) is 3.41. The molecule has 0 saturated carbocycles. The van der Waals surface area contributed by atoms with Gasteiger partial charge in [-0.1, -0.05) is 46.5 Å². The van der Waals surface area contributed by atoms with Gasteiger partial charge in [-0.25, -0.2) is 0 Å². The lowest BCUT2D eigenvalue weighted by Gasteiger charge is -2.31. The van der Waals surface area contributed by atoms with Gasteiger partial charge in [-0.15, -0.1) is 0 Å². The maximum Gasteiger partial charge on any atom is 0.313 e. The minimum Gasteiger partial charge on any atom is -0.466 e. The van der Waals surface area contributed by atoms with E-state index in [1.54, 1.807) is 0 Å². The fraction of sp³-hybridized carbons (Fsp3) is 0.933. The van der Waals surface area contributed by atoms with E-state index < -0.39 is 5.41 Å². The molecule has 3 nitrogen and oxygen atoms in total. The van der Waals surface area contributed by atoms with E-state index in [4.69, 9.17) is 10.5 Å². The Bertz CT molecular complexity index is 229. The Balaban J connectivity index is 4.59. The zero-order valence-electron chi connectivity index (χ0n) is 12.6. The van der Waals surface area contributed by atoms with Crippen molar-refractivity contribution in [2.24, 2.45) is 17.1 Å².